The van der Waals surface area contributed by atoms with Crippen molar-refractivity contribution in [2.75, 3.05) is 26.0 Å². The number of pyridine rings is 1. The Morgan fingerprint density at radius 3 is 2.85 bits per heavy atom. The van der Waals surface area contributed by atoms with Crippen molar-refractivity contribution in [3.05, 3.63) is 18.5 Å². The molecule has 0 aliphatic heterocycles. The molecule has 0 radical (unpaired) electrons. The molecule has 1 atom stereocenters. The zero-order chi connectivity index (χ0) is 15.2. The van der Waals surface area contributed by atoms with Crippen molar-refractivity contribution in [2.24, 2.45) is 0 Å². The van der Waals surface area contributed by atoms with Crippen molar-refractivity contribution in [2.45, 2.75) is 17.9 Å². The molecule has 0 fully saturated rings. The van der Waals surface area contributed by atoms with Gasteiger partial charge in [-0.3, -0.25) is 9.78 Å². The topological polar surface area (TPSA) is 123 Å². The molecule has 112 valence electrons. The summed E-state index contributed by atoms with van der Waals surface area (Å²) in [6, 6.07) is 0.439. The summed E-state index contributed by atoms with van der Waals surface area (Å²) in [6.07, 6.45) is 2.52. The molecule has 0 spiro atoms. The van der Waals surface area contributed by atoms with Crippen LogP contribution in [-0.4, -0.2) is 45.6 Å². The number of carbonyl (C=O) groups excluding carboxylic acids is 1. The summed E-state index contributed by atoms with van der Waals surface area (Å²) in [5, 5.41) is 2.53. The van der Waals surface area contributed by atoms with Crippen LogP contribution in [0.15, 0.2) is 23.4 Å². The molecule has 0 aliphatic rings. The van der Waals surface area contributed by atoms with Gasteiger partial charge in [0.2, 0.25) is 15.9 Å². The summed E-state index contributed by atoms with van der Waals surface area (Å²) in [4.78, 5) is 15.2. The summed E-state index contributed by atoms with van der Waals surface area (Å²) in [7, 11) is -2.39. The number of amides is 1. The predicted octanol–water partition coefficient (Wildman–Crippen LogP) is -0.907. The van der Waals surface area contributed by atoms with Gasteiger partial charge in [0.1, 0.15) is 4.90 Å². The number of nitrogen functional groups attached to an aromatic ring is 1. The standard InChI is InChI=1S/C11H18N4O4S/c1-8(11(16)14-5-6-19-2)15-20(17,18)10-7-13-4-3-9(10)12/h3-4,7-8,15H,5-6H2,1-2H3,(H2,12,13)(H,14,16). The van der Waals surface area contributed by atoms with Crippen molar-refractivity contribution >= 4 is 21.6 Å². The van der Waals surface area contributed by atoms with Crippen LogP contribution < -0.4 is 15.8 Å². The molecule has 4 N–H and O–H groups in total. The molecule has 8 nitrogen and oxygen atoms in total. The number of methoxy groups -OCH3 is 1. The summed E-state index contributed by atoms with van der Waals surface area (Å²) >= 11 is 0. The number of nitrogens with one attached hydrogen (secondary N) is 2. The normalized spacial score (nSPS) is 12.9. The highest BCUT2D eigenvalue weighted by Crippen LogP contribution is 2.15. The number of hydrogen-bond donors (Lipinski definition) is 3. The smallest absolute Gasteiger partial charge is 0.244 e. The van der Waals surface area contributed by atoms with E-state index in [4.69, 9.17) is 10.5 Å². The first-order valence-corrected chi connectivity index (χ1v) is 7.35. The molecule has 0 saturated carbocycles. The van der Waals surface area contributed by atoms with Gasteiger partial charge in [-0.1, -0.05) is 0 Å². The van der Waals surface area contributed by atoms with Crippen molar-refractivity contribution in [1.29, 1.82) is 0 Å². The highest BCUT2D eigenvalue weighted by molar-refractivity contribution is 7.89. The Morgan fingerprint density at radius 2 is 2.25 bits per heavy atom. The molecule has 20 heavy (non-hydrogen) atoms. The molecule has 1 amide bonds. The number of carbonyl (C=O) groups is 1. The molecule has 1 heterocycles. The van der Waals surface area contributed by atoms with Crippen LogP contribution in [0.1, 0.15) is 6.92 Å². The zero-order valence-electron chi connectivity index (χ0n) is 11.3. The Kier molecular flexibility index (Phi) is 5.86. The Morgan fingerprint density at radius 1 is 1.55 bits per heavy atom. The number of sulfonamides is 1. The zero-order valence-corrected chi connectivity index (χ0v) is 12.1. The Bertz CT molecular complexity index is 561. The van der Waals surface area contributed by atoms with E-state index in [1.165, 1.54) is 26.3 Å². The highest BCUT2D eigenvalue weighted by atomic mass is 32.2. The van der Waals surface area contributed by atoms with Crippen LogP contribution >= 0.6 is 0 Å². The van der Waals surface area contributed by atoms with Crippen LogP contribution in [0.3, 0.4) is 0 Å². The van der Waals surface area contributed by atoms with E-state index in [-0.39, 0.29) is 10.6 Å². The van der Waals surface area contributed by atoms with Crippen LogP contribution in [0.25, 0.3) is 0 Å². The van der Waals surface area contributed by atoms with Gasteiger partial charge in [0.25, 0.3) is 0 Å². The van der Waals surface area contributed by atoms with Gasteiger partial charge >= 0.3 is 0 Å². The molecule has 1 rings (SSSR count). The quantitative estimate of drug-likeness (QED) is 0.560. The SMILES string of the molecule is COCCNC(=O)C(C)NS(=O)(=O)c1cnccc1N. The van der Waals surface area contributed by atoms with Gasteiger partial charge in [0.15, 0.2) is 0 Å². The summed E-state index contributed by atoms with van der Waals surface area (Å²) in [5.41, 5.74) is 5.65. The highest BCUT2D eigenvalue weighted by Gasteiger charge is 2.23. The summed E-state index contributed by atoms with van der Waals surface area (Å²) < 4.78 is 31.1. The van der Waals surface area contributed by atoms with Crippen LogP contribution in [0.2, 0.25) is 0 Å². The average Bonchev–Trinajstić information content (AvgIpc) is 2.38. The second-order valence-corrected chi connectivity index (χ2v) is 5.72. The maximum Gasteiger partial charge on any atom is 0.244 e. The first-order chi connectivity index (χ1) is 9.38. The van der Waals surface area contributed by atoms with E-state index in [1.54, 1.807) is 0 Å². The molecular weight excluding hydrogens is 284 g/mol. The lowest BCUT2D eigenvalue weighted by atomic mass is 10.3. The second-order valence-electron chi connectivity index (χ2n) is 4.04. The van der Waals surface area contributed by atoms with Gasteiger partial charge in [-0.05, 0) is 13.0 Å². The molecule has 9 heteroatoms. The maximum atomic E-state index is 12.1. The number of aromatic nitrogens is 1. The van der Waals surface area contributed by atoms with Crippen molar-refractivity contribution in [1.82, 2.24) is 15.0 Å². The molecule has 0 bridgehead atoms. The minimum absolute atomic E-state index is 0.0690. The Labute approximate surface area is 117 Å². The number of nitrogens with two attached hydrogens (primary N) is 1. The van der Waals surface area contributed by atoms with Gasteiger partial charge in [0.05, 0.1) is 18.3 Å². The average molecular weight is 302 g/mol. The molecule has 0 saturated heterocycles. The number of anilines is 1. The van der Waals surface area contributed by atoms with Crippen molar-refractivity contribution in [3.63, 3.8) is 0 Å². The van der Waals surface area contributed by atoms with E-state index in [0.29, 0.717) is 13.2 Å². The lowest BCUT2D eigenvalue weighted by Gasteiger charge is -2.14. The predicted molar refractivity (Wildman–Crippen MR) is 73.3 cm³/mol. The van der Waals surface area contributed by atoms with E-state index in [1.807, 2.05) is 0 Å². The first kappa shape index (κ1) is 16.3. The third kappa shape index (κ3) is 4.44. The van der Waals surface area contributed by atoms with Crippen molar-refractivity contribution in [3.8, 4) is 0 Å². The van der Waals surface area contributed by atoms with E-state index in [0.717, 1.165) is 6.20 Å². The second kappa shape index (κ2) is 7.17. The fourth-order valence-corrected chi connectivity index (χ4v) is 2.67. The molecular formula is C11H18N4O4S. The van der Waals surface area contributed by atoms with Gasteiger partial charge < -0.3 is 15.8 Å². The molecule has 1 unspecified atom stereocenters. The lowest BCUT2D eigenvalue weighted by Crippen LogP contribution is -2.45. The van der Waals surface area contributed by atoms with E-state index in [2.05, 4.69) is 15.0 Å². The number of hydrogen-bond acceptors (Lipinski definition) is 6. The number of nitrogens with zero attached hydrogens (tertiary/aromatic N) is 1. The summed E-state index contributed by atoms with van der Waals surface area (Å²) in [6.45, 7) is 2.09. The fourth-order valence-electron chi connectivity index (χ4n) is 1.39. The van der Waals surface area contributed by atoms with E-state index >= 15 is 0 Å². The number of ether oxygens (including phenoxy) is 1. The number of rotatable bonds is 7. The van der Waals surface area contributed by atoms with Crippen LogP contribution in [0, 0.1) is 0 Å². The van der Waals surface area contributed by atoms with E-state index < -0.39 is 22.0 Å². The molecule has 1 aromatic rings. The monoisotopic (exact) mass is 302 g/mol. The molecule has 0 aliphatic carbocycles. The minimum atomic E-state index is -3.90. The van der Waals surface area contributed by atoms with Gasteiger partial charge in [-0.2, -0.15) is 4.72 Å². The van der Waals surface area contributed by atoms with Crippen LogP contribution in [-0.2, 0) is 19.6 Å². The Hall–Kier alpha value is -1.71. The van der Waals surface area contributed by atoms with Gasteiger partial charge in [-0.25, -0.2) is 8.42 Å². The first-order valence-electron chi connectivity index (χ1n) is 5.87. The lowest BCUT2D eigenvalue weighted by molar-refractivity contribution is -0.122. The van der Waals surface area contributed by atoms with Crippen molar-refractivity contribution < 1.29 is 17.9 Å². The van der Waals surface area contributed by atoms with Crippen LogP contribution in [0.5, 0.6) is 0 Å². The molecule has 0 aromatic carbocycles. The van der Waals surface area contributed by atoms with Gasteiger partial charge in [0, 0.05) is 26.0 Å². The maximum absolute atomic E-state index is 12.1. The van der Waals surface area contributed by atoms with E-state index in [9.17, 15) is 13.2 Å². The van der Waals surface area contributed by atoms with Gasteiger partial charge in [-0.15, -0.1) is 0 Å². The van der Waals surface area contributed by atoms with Crippen LogP contribution in [0.4, 0.5) is 5.69 Å². The Balaban J connectivity index is 2.72. The minimum Gasteiger partial charge on any atom is -0.398 e. The summed E-state index contributed by atoms with van der Waals surface area (Å²) in [5.74, 6) is -0.451. The fraction of sp³-hybridized carbons (Fsp3) is 0.455. The third-order valence-corrected chi connectivity index (χ3v) is 4.02. The third-order valence-electron chi connectivity index (χ3n) is 2.44. The molecule has 1 aromatic heterocycles. The largest absolute Gasteiger partial charge is 0.398 e.